The molecule has 1 atom stereocenters. The third-order valence-corrected chi connectivity index (χ3v) is 4.70. The van der Waals surface area contributed by atoms with Crippen molar-refractivity contribution in [2.45, 2.75) is 13.3 Å². The number of aryl methyl sites for hydroxylation is 1. The lowest BCUT2D eigenvalue weighted by atomic mass is 9.97. The van der Waals surface area contributed by atoms with Crippen LogP contribution >= 0.6 is 0 Å². The number of para-hydroxylation sites is 1. The van der Waals surface area contributed by atoms with Crippen molar-refractivity contribution >= 4 is 11.5 Å². The Labute approximate surface area is 162 Å². The fourth-order valence-electron chi connectivity index (χ4n) is 3.32. The summed E-state index contributed by atoms with van der Waals surface area (Å²) in [6, 6.07) is 16.3. The summed E-state index contributed by atoms with van der Waals surface area (Å²) in [5.41, 5.74) is 2.66. The van der Waals surface area contributed by atoms with Crippen LogP contribution in [0.4, 0.5) is 11.5 Å². The lowest BCUT2D eigenvalue weighted by Gasteiger charge is -2.25. The summed E-state index contributed by atoms with van der Waals surface area (Å²) in [5, 5.41) is 14.4. The van der Waals surface area contributed by atoms with Crippen molar-refractivity contribution in [2.24, 2.45) is 5.92 Å². The van der Waals surface area contributed by atoms with Crippen LogP contribution in [0.15, 0.2) is 54.6 Å². The maximum atomic E-state index is 11.0. The number of fused-ring (bicyclic) bond motifs is 1. The topological polar surface area (TPSA) is 90.2 Å². The molecule has 7 nitrogen and oxygen atoms in total. The highest BCUT2D eigenvalue weighted by molar-refractivity contribution is 5.61. The van der Waals surface area contributed by atoms with Gasteiger partial charge in [-0.2, -0.15) is 0 Å². The van der Waals surface area contributed by atoms with Gasteiger partial charge in [-0.25, -0.2) is 9.97 Å². The molecular formula is C21H20N4O3. The molecule has 0 unspecified atom stereocenters. The van der Waals surface area contributed by atoms with Gasteiger partial charge in [0.15, 0.2) is 5.82 Å². The molecule has 1 N–H and O–H groups in total. The molecule has 2 heterocycles. The van der Waals surface area contributed by atoms with E-state index < -0.39 is 4.92 Å². The zero-order valence-electron chi connectivity index (χ0n) is 15.5. The van der Waals surface area contributed by atoms with Crippen molar-refractivity contribution in [3.8, 4) is 17.1 Å². The Bertz CT molecular complexity index is 1020. The number of nitrogens with one attached hydrogen (secondary N) is 1. The molecule has 0 saturated heterocycles. The van der Waals surface area contributed by atoms with Gasteiger partial charge in [-0.15, -0.1) is 0 Å². The zero-order valence-corrected chi connectivity index (χ0v) is 15.5. The first-order valence-corrected chi connectivity index (χ1v) is 9.13. The molecule has 0 aliphatic carbocycles. The van der Waals surface area contributed by atoms with Crippen molar-refractivity contribution in [3.05, 3.63) is 76.0 Å². The SMILES string of the molecule is Cc1cc(NC[C@@H]2COc3ccccc3C2)nc(-c2cccc([N+](=O)[O-])c2)n1. The number of ether oxygens (including phenoxy) is 1. The molecule has 0 amide bonds. The molecule has 1 aliphatic rings. The van der Waals surface area contributed by atoms with Crippen molar-refractivity contribution in [1.29, 1.82) is 0 Å². The number of hydrogen-bond acceptors (Lipinski definition) is 6. The molecule has 0 bridgehead atoms. The predicted octanol–water partition coefficient (Wildman–Crippen LogP) is 4.02. The van der Waals surface area contributed by atoms with E-state index in [4.69, 9.17) is 4.74 Å². The number of rotatable bonds is 5. The minimum Gasteiger partial charge on any atom is -0.493 e. The van der Waals surface area contributed by atoms with Crippen LogP contribution in [0, 0.1) is 23.0 Å². The second-order valence-corrected chi connectivity index (χ2v) is 6.90. The number of aromatic nitrogens is 2. The van der Waals surface area contributed by atoms with Crippen LogP contribution in [0.2, 0.25) is 0 Å². The van der Waals surface area contributed by atoms with Crippen LogP contribution in [0.5, 0.6) is 5.75 Å². The number of nitro benzene ring substituents is 1. The summed E-state index contributed by atoms with van der Waals surface area (Å²) < 4.78 is 5.84. The quantitative estimate of drug-likeness (QED) is 0.534. The van der Waals surface area contributed by atoms with Gasteiger partial charge in [-0.05, 0) is 25.0 Å². The average Bonchev–Trinajstić information content (AvgIpc) is 2.72. The van der Waals surface area contributed by atoms with Crippen LogP contribution in [0.1, 0.15) is 11.3 Å². The van der Waals surface area contributed by atoms with E-state index >= 15 is 0 Å². The zero-order chi connectivity index (χ0) is 19.5. The van der Waals surface area contributed by atoms with E-state index in [9.17, 15) is 10.1 Å². The smallest absolute Gasteiger partial charge is 0.270 e. The second-order valence-electron chi connectivity index (χ2n) is 6.90. The number of hydrogen-bond donors (Lipinski definition) is 1. The molecule has 2 aromatic carbocycles. The summed E-state index contributed by atoms with van der Waals surface area (Å²) >= 11 is 0. The summed E-state index contributed by atoms with van der Waals surface area (Å²) in [6.45, 7) is 3.26. The molecule has 0 radical (unpaired) electrons. The van der Waals surface area contributed by atoms with Gasteiger partial charge >= 0.3 is 0 Å². The first-order valence-electron chi connectivity index (χ1n) is 9.13. The Kier molecular flexibility index (Phi) is 4.89. The minimum atomic E-state index is -0.417. The summed E-state index contributed by atoms with van der Waals surface area (Å²) in [6.07, 6.45) is 0.949. The van der Waals surface area contributed by atoms with Crippen LogP contribution in [-0.4, -0.2) is 28.0 Å². The highest BCUT2D eigenvalue weighted by Gasteiger charge is 2.19. The van der Waals surface area contributed by atoms with Gasteiger partial charge in [-0.1, -0.05) is 30.3 Å². The predicted molar refractivity (Wildman–Crippen MR) is 106 cm³/mol. The van der Waals surface area contributed by atoms with E-state index in [2.05, 4.69) is 21.4 Å². The Morgan fingerprint density at radius 3 is 2.89 bits per heavy atom. The molecule has 0 fully saturated rings. The van der Waals surface area contributed by atoms with Gasteiger partial charge in [0.25, 0.3) is 5.69 Å². The number of benzene rings is 2. The van der Waals surface area contributed by atoms with Crippen molar-refractivity contribution in [2.75, 3.05) is 18.5 Å². The highest BCUT2D eigenvalue weighted by Crippen LogP contribution is 2.27. The molecular weight excluding hydrogens is 356 g/mol. The number of anilines is 1. The Morgan fingerprint density at radius 2 is 2.04 bits per heavy atom. The first-order chi connectivity index (χ1) is 13.6. The Morgan fingerprint density at radius 1 is 1.18 bits per heavy atom. The first kappa shape index (κ1) is 17.9. The van der Waals surface area contributed by atoms with Crippen molar-refractivity contribution in [3.63, 3.8) is 0 Å². The normalized spacial score (nSPS) is 15.4. The maximum absolute atomic E-state index is 11.0. The summed E-state index contributed by atoms with van der Waals surface area (Å²) in [5.74, 6) is 2.47. The van der Waals surface area contributed by atoms with E-state index in [1.54, 1.807) is 12.1 Å². The Balaban J connectivity index is 1.49. The average molecular weight is 376 g/mol. The van der Waals surface area contributed by atoms with Crippen LogP contribution in [-0.2, 0) is 6.42 Å². The van der Waals surface area contributed by atoms with E-state index in [0.717, 1.165) is 24.4 Å². The molecule has 0 saturated carbocycles. The lowest BCUT2D eigenvalue weighted by Crippen LogP contribution is -2.27. The van der Waals surface area contributed by atoms with Crippen molar-refractivity contribution < 1.29 is 9.66 Å². The summed E-state index contributed by atoms with van der Waals surface area (Å²) in [7, 11) is 0. The molecule has 3 aromatic rings. The maximum Gasteiger partial charge on any atom is 0.270 e. The largest absolute Gasteiger partial charge is 0.493 e. The molecule has 1 aliphatic heterocycles. The van der Waals surface area contributed by atoms with Gasteiger partial charge in [0, 0.05) is 41.9 Å². The van der Waals surface area contributed by atoms with Gasteiger partial charge in [0.2, 0.25) is 0 Å². The molecule has 0 spiro atoms. The van der Waals surface area contributed by atoms with Gasteiger partial charge < -0.3 is 10.1 Å². The summed E-state index contributed by atoms with van der Waals surface area (Å²) in [4.78, 5) is 19.6. The fourth-order valence-corrected chi connectivity index (χ4v) is 3.32. The molecule has 4 rings (SSSR count). The van der Waals surface area contributed by atoms with Crippen LogP contribution in [0.25, 0.3) is 11.4 Å². The third-order valence-electron chi connectivity index (χ3n) is 4.70. The van der Waals surface area contributed by atoms with E-state index in [1.807, 2.05) is 31.2 Å². The molecule has 28 heavy (non-hydrogen) atoms. The van der Waals surface area contributed by atoms with Crippen LogP contribution < -0.4 is 10.1 Å². The number of non-ortho nitro benzene ring substituents is 1. The van der Waals surface area contributed by atoms with Crippen molar-refractivity contribution in [1.82, 2.24) is 9.97 Å². The standard InChI is InChI=1S/C21H20N4O3/c1-14-9-20(22-12-15-10-16-5-2-3-8-19(16)28-13-15)24-21(23-14)17-6-4-7-18(11-17)25(26)27/h2-9,11,15H,10,12-13H2,1H3,(H,22,23,24)/t15-/m1/s1. The highest BCUT2D eigenvalue weighted by atomic mass is 16.6. The number of nitrogens with zero attached hydrogens (tertiary/aromatic N) is 3. The molecule has 142 valence electrons. The molecule has 1 aromatic heterocycles. The lowest BCUT2D eigenvalue weighted by molar-refractivity contribution is -0.384. The van der Waals surface area contributed by atoms with Gasteiger partial charge in [0.05, 0.1) is 11.5 Å². The minimum absolute atomic E-state index is 0.0233. The van der Waals surface area contributed by atoms with Gasteiger partial charge in [0.1, 0.15) is 11.6 Å². The number of nitro groups is 1. The third kappa shape index (κ3) is 3.93. The van der Waals surface area contributed by atoms with E-state index in [0.29, 0.717) is 29.7 Å². The fraction of sp³-hybridized carbons (Fsp3) is 0.238. The second kappa shape index (κ2) is 7.64. The van der Waals surface area contributed by atoms with Crippen LogP contribution in [0.3, 0.4) is 0 Å². The monoisotopic (exact) mass is 376 g/mol. The van der Waals surface area contributed by atoms with Gasteiger partial charge in [-0.3, -0.25) is 10.1 Å². The Hall–Kier alpha value is -3.48. The molecule has 7 heteroatoms. The van der Waals surface area contributed by atoms with E-state index in [1.165, 1.54) is 17.7 Å². The van der Waals surface area contributed by atoms with E-state index in [-0.39, 0.29) is 5.69 Å².